The fraction of sp³-hybridized carbons (Fsp3) is 0.167. The van der Waals surface area contributed by atoms with Gasteiger partial charge in [0.05, 0.1) is 31.2 Å². The molecule has 1 aromatic carbocycles. The molecule has 0 radical (unpaired) electrons. The van der Waals surface area contributed by atoms with E-state index in [9.17, 15) is 4.79 Å². The summed E-state index contributed by atoms with van der Waals surface area (Å²) in [6, 6.07) is 7.32. The van der Waals surface area contributed by atoms with Gasteiger partial charge in [0.25, 0.3) is 0 Å². The van der Waals surface area contributed by atoms with E-state index in [1.165, 1.54) is 6.33 Å². The highest BCUT2D eigenvalue weighted by molar-refractivity contribution is 5.74. The van der Waals surface area contributed by atoms with Gasteiger partial charge in [-0.15, -0.1) is 0 Å². The van der Waals surface area contributed by atoms with Crippen LogP contribution in [-0.4, -0.2) is 28.2 Å². The van der Waals surface area contributed by atoms with Gasteiger partial charge in [-0.3, -0.25) is 4.79 Å². The minimum Gasteiger partial charge on any atom is -0.497 e. The smallest absolute Gasteiger partial charge is 0.309 e. The highest BCUT2D eigenvalue weighted by Gasteiger charge is 2.11. The molecule has 1 aromatic heterocycles. The van der Waals surface area contributed by atoms with Gasteiger partial charge in [-0.25, -0.2) is 4.98 Å². The number of carboxylic acids is 1. The van der Waals surface area contributed by atoms with Crippen molar-refractivity contribution in [2.75, 3.05) is 7.11 Å². The molecule has 0 spiro atoms. The molecule has 0 aliphatic heterocycles. The molecule has 0 saturated carbocycles. The Balaban J connectivity index is 2.32. The molecule has 0 fully saturated rings. The molecule has 0 bridgehead atoms. The number of nitrogens with zero attached hydrogens (tertiary/aromatic N) is 1. The first-order chi connectivity index (χ1) is 8.20. The molecular formula is C12H12N2O3. The van der Waals surface area contributed by atoms with Gasteiger partial charge in [-0.1, -0.05) is 0 Å². The predicted octanol–water partition coefficient (Wildman–Crippen LogP) is 1.71. The Morgan fingerprint density at radius 2 is 2.12 bits per heavy atom. The molecule has 5 heteroatoms. The third-order valence-corrected chi connectivity index (χ3v) is 2.41. The summed E-state index contributed by atoms with van der Waals surface area (Å²) >= 11 is 0. The molecule has 0 aliphatic rings. The molecule has 0 amide bonds. The summed E-state index contributed by atoms with van der Waals surface area (Å²) in [7, 11) is 1.60. The SMILES string of the molecule is COc1ccc(-c2nc[nH]c2CC(=O)O)cc1. The van der Waals surface area contributed by atoms with Gasteiger partial charge in [0, 0.05) is 5.56 Å². The van der Waals surface area contributed by atoms with Crippen LogP contribution in [0.15, 0.2) is 30.6 Å². The minimum absolute atomic E-state index is 0.0681. The van der Waals surface area contributed by atoms with E-state index in [0.717, 1.165) is 11.3 Å². The first kappa shape index (κ1) is 11.2. The lowest BCUT2D eigenvalue weighted by Gasteiger charge is -2.03. The number of aromatic nitrogens is 2. The van der Waals surface area contributed by atoms with Gasteiger partial charge in [0.15, 0.2) is 0 Å². The zero-order valence-corrected chi connectivity index (χ0v) is 9.30. The Morgan fingerprint density at radius 1 is 1.41 bits per heavy atom. The second-order valence-electron chi connectivity index (χ2n) is 3.53. The van der Waals surface area contributed by atoms with E-state index in [1.54, 1.807) is 7.11 Å². The number of rotatable bonds is 4. The monoisotopic (exact) mass is 232 g/mol. The number of benzene rings is 1. The van der Waals surface area contributed by atoms with Crippen molar-refractivity contribution < 1.29 is 14.6 Å². The molecule has 2 rings (SSSR count). The van der Waals surface area contributed by atoms with Crippen molar-refractivity contribution in [3.05, 3.63) is 36.3 Å². The molecule has 2 N–H and O–H groups in total. The summed E-state index contributed by atoms with van der Waals surface area (Å²) in [6.45, 7) is 0. The van der Waals surface area contributed by atoms with E-state index >= 15 is 0 Å². The normalized spacial score (nSPS) is 10.2. The van der Waals surface area contributed by atoms with E-state index < -0.39 is 5.97 Å². The largest absolute Gasteiger partial charge is 0.497 e. The van der Waals surface area contributed by atoms with Crippen LogP contribution < -0.4 is 4.74 Å². The molecule has 5 nitrogen and oxygen atoms in total. The van der Waals surface area contributed by atoms with E-state index in [1.807, 2.05) is 24.3 Å². The number of carboxylic acid groups (broad SMARTS) is 1. The lowest BCUT2D eigenvalue weighted by atomic mass is 10.1. The molecule has 17 heavy (non-hydrogen) atoms. The van der Waals surface area contributed by atoms with Crippen LogP contribution in [0.4, 0.5) is 0 Å². The Morgan fingerprint density at radius 3 is 2.71 bits per heavy atom. The molecule has 0 saturated heterocycles. The summed E-state index contributed by atoms with van der Waals surface area (Å²) < 4.78 is 5.06. The van der Waals surface area contributed by atoms with Gasteiger partial charge in [0.2, 0.25) is 0 Å². The van der Waals surface area contributed by atoms with E-state index in [0.29, 0.717) is 11.4 Å². The number of ether oxygens (including phenoxy) is 1. The van der Waals surface area contributed by atoms with Crippen LogP contribution in [0.3, 0.4) is 0 Å². The van der Waals surface area contributed by atoms with Crippen LogP contribution in [0.5, 0.6) is 5.75 Å². The molecular weight excluding hydrogens is 220 g/mol. The first-order valence-corrected chi connectivity index (χ1v) is 5.09. The van der Waals surface area contributed by atoms with Gasteiger partial charge >= 0.3 is 5.97 Å². The second kappa shape index (κ2) is 4.69. The number of hydrogen-bond acceptors (Lipinski definition) is 3. The number of aromatic amines is 1. The number of methoxy groups -OCH3 is 1. The Labute approximate surface area is 98.1 Å². The fourth-order valence-electron chi connectivity index (χ4n) is 1.60. The van der Waals surface area contributed by atoms with Crippen molar-refractivity contribution in [3.63, 3.8) is 0 Å². The van der Waals surface area contributed by atoms with E-state index in [2.05, 4.69) is 9.97 Å². The molecule has 0 aliphatic carbocycles. The zero-order valence-electron chi connectivity index (χ0n) is 9.30. The Bertz CT molecular complexity index is 517. The predicted molar refractivity (Wildman–Crippen MR) is 61.9 cm³/mol. The van der Waals surface area contributed by atoms with E-state index in [4.69, 9.17) is 9.84 Å². The maximum atomic E-state index is 10.7. The van der Waals surface area contributed by atoms with Crippen molar-refractivity contribution in [1.82, 2.24) is 9.97 Å². The van der Waals surface area contributed by atoms with Crippen LogP contribution in [0.2, 0.25) is 0 Å². The maximum Gasteiger partial charge on any atom is 0.309 e. The average molecular weight is 232 g/mol. The van der Waals surface area contributed by atoms with Crippen LogP contribution >= 0.6 is 0 Å². The van der Waals surface area contributed by atoms with Crippen molar-refractivity contribution in [2.45, 2.75) is 6.42 Å². The van der Waals surface area contributed by atoms with Crippen LogP contribution in [0, 0.1) is 0 Å². The van der Waals surface area contributed by atoms with Crippen molar-refractivity contribution >= 4 is 5.97 Å². The fourth-order valence-corrected chi connectivity index (χ4v) is 1.60. The Hall–Kier alpha value is -2.30. The maximum absolute atomic E-state index is 10.7. The van der Waals surface area contributed by atoms with Crippen LogP contribution in [-0.2, 0) is 11.2 Å². The third kappa shape index (κ3) is 2.44. The third-order valence-electron chi connectivity index (χ3n) is 2.41. The number of H-pyrrole nitrogens is 1. The first-order valence-electron chi connectivity index (χ1n) is 5.09. The topological polar surface area (TPSA) is 75.2 Å². The summed E-state index contributed by atoms with van der Waals surface area (Å²) in [5.74, 6) is -0.131. The van der Waals surface area contributed by atoms with Gasteiger partial charge in [-0.05, 0) is 24.3 Å². The summed E-state index contributed by atoms with van der Waals surface area (Å²) in [6.07, 6.45) is 1.43. The number of nitrogens with one attached hydrogen (secondary N) is 1. The highest BCUT2D eigenvalue weighted by Crippen LogP contribution is 2.23. The summed E-state index contributed by atoms with van der Waals surface area (Å²) in [5.41, 5.74) is 2.13. The van der Waals surface area contributed by atoms with Gasteiger partial charge in [0.1, 0.15) is 5.75 Å². The zero-order chi connectivity index (χ0) is 12.3. The molecule has 1 heterocycles. The average Bonchev–Trinajstić information content (AvgIpc) is 2.76. The number of aliphatic carboxylic acids is 1. The quantitative estimate of drug-likeness (QED) is 0.841. The molecule has 0 unspecified atom stereocenters. The van der Waals surface area contributed by atoms with Crippen molar-refractivity contribution in [3.8, 4) is 17.0 Å². The van der Waals surface area contributed by atoms with Crippen LogP contribution in [0.1, 0.15) is 5.69 Å². The van der Waals surface area contributed by atoms with Crippen molar-refractivity contribution in [2.24, 2.45) is 0 Å². The lowest BCUT2D eigenvalue weighted by Crippen LogP contribution is -2.01. The standard InChI is InChI=1S/C12H12N2O3/c1-17-9-4-2-8(3-5-9)12-10(6-11(15)16)13-7-14-12/h2-5,7H,6H2,1H3,(H,13,14)(H,15,16). The van der Waals surface area contributed by atoms with Crippen molar-refractivity contribution in [1.29, 1.82) is 0 Å². The Kier molecular flexibility index (Phi) is 3.09. The van der Waals surface area contributed by atoms with Gasteiger partial charge in [-0.2, -0.15) is 0 Å². The molecule has 0 atom stereocenters. The highest BCUT2D eigenvalue weighted by atomic mass is 16.5. The molecule has 88 valence electrons. The second-order valence-corrected chi connectivity index (χ2v) is 3.53. The number of imidazole rings is 1. The minimum atomic E-state index is -0.885. The summed E-state index contributed by atoms with van der Waals surface area (Å²) in [5, 5.41) is 8.77. The number of carbonyl (C=O) groups is 1. The van der Waals surface area contributed by atoms with Gasteiger partial charge < -0.3 is 14.8 Å². The van der Waals surface area contributed by atoms with Crippen LogP contribution in [0.25, 0.3) is 11.3 Å². The van der Waals surface area contributed by atoms with E-state index in [-0.39, 0.29) is 6.42 Å². The number of hydrogen-bond donors (Lipinski definition) is 2. The summed E-state index contributed by atoms with van der Waals surface area (Å²) in [4.78, 5) is 17.7. The lowest BCUT2D eigenvalue weighted by molar-refractivity contribution is -0.136. The molecule has 2 aromatic rings.